The second-order valence-electron chi connectivity index (χ2n) is 8.28. The molecule has 0 bridgehead atoms. The summed E-state index contributed by atoms with van der Waals surface area (Å²) >= 11 is 0. The molecule has 1 aliphatic carbocycles. The van der Waals surface area contributed by atoms with Crippen LogP contribution in [-0.2, 0) is 10.7 Å². The highest BCUT2D eigenvalue weighted by Crippen LogP contribution is 2.55. The topological polar surface area (TPSA) is 101 Å². The Morgan fingerprint density at radius 2 is 1.93 bits per heavy atom. The first kappa shape index (κ1) is 19.8. The van der Waals surface area contributed by atoms with Crippen LogP contribution in [0.5, 0.6) is 0 Å². The van der Waals surface area contributed by atoms with Gasteiger partial charge >= 0.3 is 5.97 Å². The van der Waals surface area contributed by atoms with Gasteiger partial charge in [-0.15, -0.1) is 0 Å². The van der Waals surface area contributed by atoms with Crippen molar-refractivity contribution in [1.29, 1.82) is 5.26 Å². The molecular formula is C19H21F3N4O3. The molecule has 1 aromatic heterocycles. The monoisotopic (exact) mass is 410 g/mol. The number of fused-ring (bicyclic) bond motifs is 1. The highest BCUT2D eigenvalue weighted by Gasteiger charge is 2.57. The zero-order chi connectivity index (χ0) is 21.2. The van der Waals surface area contributed by atoms with Crippen molar-refractivity contribution in [2.24, 2.45) is 17.8 Å². The molecule has 0 amide bonds. The fraction of sp³-hybridized carbons (Fsp3) is 0.632. The van der Waals surface area contributed by atoms with Gasteiger partial charge < -0.3 is 20.0 Å². The molecule has 0 aromatic carbocycles. The third kappa shape index (κ3) is 3.08. The number of rotatable bonds is 5. The number of carbonyl (C=O) groups is 1. The SMILES string of the molecule is C[C@H]1[C@H](O)CN1c1nc(N2CC3C(CC(=O)O)C3C2)c(F)c(C(C)(F)F)c1C#N. The summed E-state index contributed by atoms with van der Waals surface area (Å²) in [4.78, 5) is 18.2. The van der Waals surface area contributed by atoms with Gasteiger partial charge in [-0.25, -0.2) is 18.2 Å². The molecule has 2 aliphatic heterocycles. The first-order valence-electron chi connectivity index (χ1n) is 9.48. The molecule has 29 heavy (non-hydrogen) atoms. The Balaban J connectivity index is 1.72. The number of aliphatic hydroxyl groups is 1. The molecule has 2 unspecified atom stereocenters. The van der Waals surface area contributed by atoms with Crippen LogP contribution in [0.25, 0.3) is 0 Å². The summed E-state index contributed by atoms with van der Waals surface area (Å²) in [6.45, 7) is 3.01. The maximum atomic E-state index is 15.2. The van der Waals surface area contributed by atoms with Crippen LogP contribution in [0.1, 0.15) is 31.4 Å². The van der Waals surface area contributed by atoms with E-state index in [0.29, 0.717) is 20.0 Å². The van der Waals surface area contributed by atoms with Crippen LogP contribution in [0.4, 0.5) is 24.8 Å². The van der Waals surface area contributed by atoms with E-state index in [4.69, 9.17) is 5.11 Å². The lowest BCUT2D eigenvalue weighted by molar-refractivity contribution is -0.137. The molecule has 0 radical (unpaired) electrons. The van der Waals surface area contributed by atoms with E-state index < -0.39 is 41.0 Å². The van der Waals surface area contributed by atoms with E-state index >= 15 is 4.39 Å². The molecule has 7 nitrogen and oxygen atoms in total. The zero-order valence-corrected chi connectivity index (χ0v) is 15.9. The predicted octanol–water partition coefficient (Wildman–Crippen LogP) is 1.93. The van der Waals surface area contributed by atoms with Gasteiger partial charge in [0.25, 0.3) is 5.92 Å². The highest BCUT2D eigenvalue weighted by molar-refractivity contribution is 5.69. The second-order valence-corrected chi connectivity index (χ2v) is 8.28. The van der Waals surface area contributed by atoms with E-state index in [9.17, 15) is 23.9 Å². The van der Waals surface area contributed by atoms with E-state index in [0.717, 1.165) is 0 Å². The summed E-state index contributed by atoms with van der Waals surface area (Å²) in [5.74, 6) is -5.85. The zero-order valence-electron chi connectivity index (χ0n) is 15.9. The highest BCUT2D eigenvalue weighted by atomic mass is 19.3. The van der Waals surface area contributed by atoms with Crippen LogP contribution in [0, 0.1) is 34.9 Å². The van der Waals surface area contributed by atoms with Gasteiger partial charge in [-0.1, -0.05) is 0 Å². The Morgan fingerprint density at radius 3 is 2.38 bits per heavy atom. The second kappa shape index (κ2) is 6.49. The molecule has 0 spiro atoms. The van der Waals surface area contributed by atoms with Gasteiger partial charge in [0.2, 0.25) is 0 Å². The Bertz CT molecular complexity index is 901. The van der Waals surface area contributed by atoms with Gasteiger partial charge in [-0.2, -0.15) is 5.26 Å². The van der Waals surface area contributed by atoms with Crippen molar-refractivity contribution >= 4 is 17.6 Å². The molecule has 156 valence electrons. The molecule has 4 rings (SSSR count). The minimum atomic E-state index is -3.59. The van der Waals surface area contributed by atoms with Crippen molar-refractivity contribution in [2.75, 3.05) is 29.4 Å². The lowest BCUT2D eigenvalue weighted by Crippen LogP contribution is -2.59. The largest absolute Gasteiger partial charge is 0.481 e. The molecule has 2 saturated heterocycles. The van der Waals surface area contributed by atoms with E-state index in [1.54, 1.807) is 17.9 Å². The van der Waals surface area contributed by atoms with Gasteiger partial charge in [0.15, 0.2) is 11.6 Å². The number of nitrogens with zero attached hydrogens (tertiary/aromatic N) is 4. The Hall–Kier alpha value is -2.54. The number of aliphatic carboxylic acids is 1. The van der Waals surface area contributed by atoms with Gasteiger partial charge in [0.1, 0.15) is 17.5 Å². The summed E-state index contributed by atoms with van der Waals surface area (Å²) in [5.41, 5.74) is -1.51. The summed E-state index contributed by atoms with van der Waals surface area (Å²) in [5, 5.41) is 28.2. The van der Waals surface area contributed by atoms with Crippen LogP contribution < -0.4 is 9.80 Å². The van der Waals surface area contributed by atoms with Crippen LogP contribution >= 0.6 is 0 Å². The Labute approximate surface area is 165 Å². The average molecular weight is 410 g/mol. The van der Waals surface area contributed by atoms with Crippen LogP contribution in [0.15, 0.2) is 0 Å². The molecule has 1 saturated carbocycles. The lowest BCUT2D eigenvalue weighted by Gasteiger charge is -2.45. The van der Waals surface area contributed by atoms with E-state index in [-0.39, 0.29) is 42.4 Å². The van der Waals surface area contributed by atoms with Crippen molar-refractivity contribution < 1.29 is 28.2 Å². The number of carboxylic acid groups (broad SMARTS) is 1. The molecule has 4 atom stereocenters. The van der Waals surface area contributed by atoms with Crippen molar-refractivity contribution in [2.45, 2.75) is 38.3 Å². The fourth-order valence-corrected chi connectivity index (χ4v) is 4.67. The predicted molar refractivity (Wildman–Crippen MR) is 96.2 cm³/mol. The number of aromatic nitrogens is 1. The number of halogens is 3. The minimum absolute atomic E-state index is 0.0160. The van der Waals surface area contributed by atoms with Crippen LogP contribution in [-0.4, -0.2) is 52.9 Å². The first-order valence-corrected chi connectivity index (χ1v) is 9.48. The molecule has 3 fully saturated rings. The average Bonchev–Trinajstić information content (AvgIpc) is 3.06. The molecule has 10 heteroatoms. The third-order valence-electron chi connectivity index (χ3n) is 6.44. The molecular weight excluding hydrogens is 389 g/mol. The smallest absolute Gasteiger partial charge is 0.303 e. The number of hydrogen-bond donors (Lipinski definition) is 2. The summed E-state index contributed by atoms with van der Waals surface area (Å²) in [6.07, 6.45) is -0.641. The molecule has 2 N–H and O–H groups in total. The van der Waals surface area contributed by atoms with Gasteiger partial charge in [-0.3, -0.25) is 4.79 Å². The van der Waals surface area contributed by atoms with Crippen LogP contribution in [0.3, 0.4) is 0 Å². The van der Waals surface area contributed by atoms with E-state index in [1.165, 1.54) is 4.90 Å². The number of carboxylic acids is 1. The summed E-state index contributed by atoms with van der Waals surface area (Å²) in [6, 6.07) is 1.24. The van der Waals surface area contributed by atoms with E-state index in [1.807, 2.05) is 0 Å². The van der Waals surface area contributed by atoms with E-state index in [2.05, 4.69) is 4.98 Å². The number of aliphatic hydroxyl groups excluding tert-OH is 1. The van der Waals surface area contributed by atoms with Gasteiger partial charge in [0.05, 0.1) is 17.7 Å². The number of nitriles is 1. The number of pyridine rings is 1. The number of β-amino-alcohol motifs (C(OH)–C–C–N with tert-alkyl or cyclic N) is 1. The lowest BCUT2D eigenvalue weighted by atomic mass is 9.97. The number of hydrogen-bond acceptors (Lipinski definition) is 6. The quantitative estimate of drug-likeness (QED) is 0.765. The summed E-state index contributed by atoms with van der Waals surface area (Å²) in [7, 11) is 0. The third-order valence-corrected chi connectivity index (χ3v) is 6.44. The summed E-state index contributed by atoms with van der Waals surface area (Å²) < 4.78 is 43.7. The maximum Gasteiger partial charge on any atom is 0.303 e. The number of anilines is 2. The number of alkyl halides is 2. The van der Waals surface area contributed by atoms with Crippen molar-refractivity contribution in [1.82, 2.24) is 4.98 Å². The maximum absolute atomic E-state index is 15.2. The van der Waals surface area contributed by atoms with Crippen molar-refractivity contribution in [3.8, 4) is 6.07 Å². The standard InChI is InChI=1S/C19H21F3N4O3/c1-8-13(27)7-26(8)17-10(4-23)15(19(2,21)22)16(20)18(24-17)25-5-11-9(3-14(28)29)12(11)6-25/h8-9,11-13,27H,3,5-7H2,1-2H3,(H,28,29)/t8-,9?,11?,12?,13+/m0/s1. The molecule has 3 aliphatic rings. The first-order chi connectivity index (χ1) is 13.5. The van der Waals surface area contributed by atoms with Gasteiger partial charge in [-0.05, 0) is 24.7 Å². The molecule has 1 aromatic rings. The van der Waals surface area contributed by atoms with Crippen molar-refractivity contribution in [3.05, 3.63) is 16.9 Å². The van der Waals surface area contributed by atoms with Crippen molar-refractivity contribution in [3.63, 3.8) is 0 Å². The van der Waals surface area contributed by atoms with Gasteiger partial charge in [0, 0.05) is 33.0 Å². The fourth-order valence-electron chi connectivity index (χ4n) is 4.67. The van der Waals surface area contributed by atoms with Crippen LogP contribution in [0.2, 0.25) is 0 Å². The normalized spacial score (nSPS) is 30.6. The number of piperidine rings is 1. The Kier molecular flexibility index (Phi) is 4.42. The minimum Gasteiger partial charge on any atom is -0.481 e. The Morgan fingerprint density at radius 1 is 1.31 bits per heavy atom. The molecule has 3 heterocycles.